The molecule has 0 amide bonds. The van der Waals surface area contributed by atoms with E-state index in [9.17, 15) is 23.1 Å². The van der Waals surface area contributed by atoms with Gasteiger partial charge in [0.25, 0.3) is 10.1 Å². The van der Waals surface area contributed by atoms with E-state index < -0.39 is 16.1 Å². The van der Waals surface area contributed by atoms with E-state index in [0.29, 0.717) is 5.71 Å². The zero-order chi connectivity index (χ0) is 22.6. The first kappa shape index (κ1) is 32.5. The number of carboxylic acid groups (broad SMARTS) is 1. The Morgan fingerprint density at radius 3 is 2.44 bits per heavy atom. The zero-order valence-corrected chi connectivity index (χ0v) is 23.4. The standard InChI is InChI=1S/C20H14ClN3O6S.Cr.K.H2O/c21-16-7-6-14(31(28,29)30)10-18(16)24-23-13-5-8-19(25)12(9-13)11-22-17-4-2-1-3-15(17)20(26)27;;;/h1-11,24H,(H,26,27)(H,28,29,30);;;1H2/q;;+1;/b22-11?,23-13-;;;. The summed E-state index contributed by atoms with van der Waals surface area (Å²) >= 11 is 6.01. The molecule has 0 spiro atoms. The maximum Gasteiger partial charge on any atom is 1.00 e. The van der Waals surface area contributed by atoms with Gasteiger partial charge in [0.15, 0.2) is 5.78 Å². The van der Waals surface area contributed by atoms with E-state index in [1.165, 1.54) is 42.6 Å². The number of hydrazone groups is 1. The number of carboxylic acids is 1. The largest absolute Gasteiger partial charge is 1.00 e. The topological polar surface area (TPSA) is 177 Å². The summed E-state index contributed by atoms with van der Waals surface area (Å²) in [5.41, 5.74) is 3.32. The summed E-state index contributed by atoms with van der Waals surface area (Å²) in [6, 6.07) is 9.61. The van der Waals surface area contributed by atoms with Gasteiger partial charge in [0.1, 0.15) is 0 Å². The third-order valence-corrected chi connectivity index (χ3v) is 5.19. The van der Waals surface area contributed by atoms with Crippen molar-refractivity contribution in [3.63, 3.8) is 0 Å². The molecular formula is C20H16ClCrKN3O7S+. The maximum atomic E-state index is 12.1. The van der Waals surface area contributed by atoms with Crippen LogP contribution in [0.15, 0.2) is 81.3 Å². The molecule has 0 atom stereocenters. The fourth-order valence-corrected chi connectivity index (χ4v) is 3.15. The molecule has 0 heterocycles. The van der Waals surface area contributed by atoms with Gasteiger partial charge in [-0.3, -0.25) is 19.8 Å². The zero-order valence-electron chi connectivity index (χ0n) is 17.5. The number of ketones is 1. The van der Waals surface area contributed by atoms with Crippen LogP contribution >= 0.6 is 11.6 Å². The number of nitrogens with one attached hydrogen (secondary N) is 1. The Labute approximate surface area is 253 Å². The van der Waals surface area contributed by atoms with Crippen LogP contribution in [0.5, 0.6) is 0 Å². The number of nitrogens with zero attached hydrogens (tertiary/aromatic N) is 2. The van der Waals surface area contributed by atoms with E-state index in [-0.39, 0.29) is 112 Å². The minimum absolute atomic E-state index is 0. The summed E-state index contributed by atoms with van der Waals surface area (Å²) in [6.07, 6.45) is 5.30. The van der Waals surface area contributed by atoms with Crippen molar-refractivity contribution in [3.8, 4) is 0 Å². The molecule has 1 aliphatic carbocycles. The molecule has 5 N–H and O–H groups in total. The number of para-hydroxylation sites is 1. The molecule has 0 saturated heterocycles. The first-order chi connectivity index (χ1) is 14.6. The number of carbonyl (C=O) groups excluding carboxylic acids is 1. The van der Waals surface area contributed by atoms with Crippen LogP contribution in [-0.2, 0) is 32.3 Å². The Kier molecular flexibility index (Phi) is 13.6. The third-order valence-electron chi connectivity index (χ3n) is 4.01. The molecule has 1 aliphatic rings. The summed E-state index contributed by atoms with van der Waals surface area (Å²) in [7, 11) is -4.42. The average Bonchev–Trinajstić information content (AvgIpc) is 2.72. The number of allylic oxidation sites excluding steroid dienone is 4. The van der Waals surface area contributed by atoms with Gasteiger partial charge < -0.3 is 10.6 Å². The van der Waals surface area contributed by atoms with Gasteiger partial charge in [-0.1, -0.05) is 23.7 Å². The molecule has 3 rings (SSSR count). The van der Waals surface area contributed by atoms with E-state index in [4.69, 9.17) is 16.2 Å². The van der Waals surface area contributed by atoms with Crippen LogP contribution in [0.3, 0.4) is 0 Å². The second-order valence-corrected chi connectivity index (χ2v) is 7.97. The summed E-state index contributed by atoms with van der Waals surface area (Å²) in [4.78, 5) is 27.1. The van der Waals surface area contributed by atoms with E-state index in [1.807, 2.05) is 0 Å². The summed E-state index contributed by atoms with van der Waals surface area (Å²) < 4.78 is 31.7. The Morgan fingerprint density at radius 2 is 1.79 bits per heavy atom. The number of halogens is 1. The van der Waals surface area contributed by atoms with Crippen LogP contribution in [0.25, 0.3) is 0 Å². The van der Waals surface area contributed by atoms with Crippen molar-refractivity contribution in [3.05, 3.63) is 76.9 Å². The number of hydrogen-bond acceptors (Lipinski definition) is 7. The number of anilines is 1. The van der Waals surface area contributed by atoms with Crippen LogP contribution in [0.4, 0.5) is 11.4 Å². The first-order valence-electron chi connectivity index (χ1n) is 8.56. The minimum atomic E-state index is -4.42. The molecule has 10 nitrogen and oxygen atoms in total. The van der Waals surface area contributed by atoms with Crippen molar-refractivity contribution in [2.24, 2.45) is 10.1 Å². The van der Waals surface area contributed by atoms with Crippen molar-refractivity contribution in [2.75, 3.05) is 5.43 Å². The molecule has 2 aromatic carbocycles. The molecule has 0 saturated carbocycles. The number of aromatic carboxylic acids is 1. The average molecular weight is 569 g/mol. The molecule has 0 fully saturated rings. The van der Waals surface area contributed by atoms with Gasteiger partial charge in [-0.25, -0.2) is 4.79 Å². The fraction of sp³-hybridized carbons (Fsp3) is 0. The SMILES string of the molecule is O.O=C1C=C/C(=N/Nc2cc(S(=O)(=O)O)ccc2Cl)C=C1C=Nc1ccccc1C(=O)O.[Cr].[K+]. The molecule has 0 radical (unpaired) electrons. The molecule has 34 heavy (non-hydrogen) atoms. The first-order valence-corrected chi connectivity index (χ1v) is 10.4. The predicted octanol–water partition coefficient (Wildman–Crippen LogP) is -0.303. The quantitative estimate of drug-likeness (QED) is 0.141. The molecule has 172 valence electrons. The summed E-state index contributed by atoms with van der Waals surface area (Å²) in [6.45, 7) is 0. The molecule has 0 unspecified atom stereocenters. The molecule has 0 aliphatic heterocycles. The molecular weight excluding hydrogens is 553 g/mol. The minimum Gasteiger partial charge on any atom is -0.478 e. The van der Waals surface area contributed by atoms with Crippen molar-refractivity contribution >= 4 is 56.8 Å². The van der Waals surface area contributed by atoms with Crippen molar-refractivity contribution in [2.45, 2.75) is 4.90 Å². The number of carbonyl (C=O) groups is 2. The van der Waals surface area contributed by atoms with Gasteiger partial charge in [-0.2, -0.15) is 13.5 Å². The van der Waals surface area contributed by atoms with Gasteiger partial charge in [-0.05, 0) is 48.6 Å². The van der Waals surface area contributed by atoms with Gasteiger partial charge in [0.05, 0.1) is 32.6 Å². The Balaban J connectivity index is 0.00000363. The van der Waals surface area contributed by atoms with Crippen LogP contribution in [0.2, 0.25) is 5.02 Å². The molecule has 0 bridgehead atoms. The second-order valence-electron chi connectivity index (χ2n) is 6.14. The van der Waals surface area contributed by atoms with Gasteiger partial charge in [0, 0.05) is 29.1 Å². The molecule has 14 heteroatoms. The predicted molar refractivity (Wildman–Crippen MR) is 120 cm³/mol. The van der Waals surface area contributed by atoms with Gasteiger partial charge in [0.2, 0.25) is 0 Å². The summed E-state index contributed by atoms with van der Waals surface area (Å²) in [5.74, 6) is -1.51. The monoisotopic (exact) mass is 568 g/mol. The Morgan fingerprint density at radius 1 is 1.12 bits per heavy atom. The van der Waals surface area contributed by atoms with Crippen LogP contribution in [0, 0.1) is 0 Å². The number of benzene rings is 2. The number of aliphatic imine (C=N–C) groups is 1. The van der Waals surface area contributed by atoms with E-state index in [0.717, 1.165) is 12.1 Å². The van der Waals surface area contributed by atoms with Crippen LogP contribution in [0.1, 0.15) is 10.4 Å². The van der Waals surface area contributed by atoms with Crippen LogP contribution in [-0.4, -0.2) is 47.2 Å². The third kappa shape index (κ3) is 8.63. The normalized spacial score (nSPS) is 14.0. The van der Waals surface area contributed by atoms with Crippen molar-refractivity contribution in [1.29, 1.82) is 0 Å². The molecule has 2 aromatic rings. The fourth-order valence-electron chi connectivity index (χ4n) is 2.49. The maximum absolute atomic E-state index is 12.1. The van der Waals surface area contributed by atoms with E-state index >= 15 is 0 Å². The number of rotatable bonds is 6. The Hall–Kier alpha value is -1.47. The van der Waals surface area contributed by atoms with Gasteiger partial charge >= 0.3 is 57.4 Å². The molecule has 0 aromatic heterocycles. The smallest absolute Gasteiger partial charge is 0.478 e. The van der Waals surface area contributed by atoms with Crippen LogP contribution < -0.4 is 56.8 Å². The van der Waals surface area contributed by atoms with E-state index in [2.05, 4.69) is 15.5 Å². The van der Waals surface area contributed by atoms with Crippen molar-refractivity contribution < 1.29 is 102 Å². The van der Waals surface area contributed by atoms with Gasteiger partial charge in [-0.15, -0.1) is 0 Å². The van der Waals surface area contributed by atoms with Crippen molar-refractivity contribution in [1.82, 2.24) is 0 Å². The van der Waals surface area contributed by atoms with E-state index in [1.54, 1.807) is 12.1 Å². The summed E-state index contributed by atoms with van der Waals surface area (Å²) in [5, 5.41) is 13.4. The Bertz CT molecular complexity index is 1310. The second kappa shape index (κ2) is 14.2. The number of hydrogen-bond donors (Lipinski definition) is 3.